The molecule has 0 aliphatic heterocycles. The van der Waals surface area contributed by atoms with Crippen molar-refractivity contribution >= 4 is 79.4 Å². The third-order valence-electron chi connectivity index (χ3n) is 16.3. The maximum Gasteiger partial charge on any atom is 0.179 e. The van der Waals surface area contributed by atoms with E-state index >= 15 is 0 Å². The second kappa shape index (κ2) is 21.3. The van der Waals surface area contributed by atoms with Crippen LogP contribution in [-0.4, -0.2) is 30.7 Å². The summed E-state index contributed by atoms with van der Waals surface area (Å²) < 4.78 is 2.34. The molecule has 0 unspecified atom stereocenters. The molecule has 5 heteroatoms. The van der Waals surface area contributed by atoms with Gasteiger partial charge in [0.25, 0.3) is 0 Å². The van der Waals surface area contributed by atoms with Gasteiger partial charge in [0.05, 0.1) is 16.7 Å². The predicted octanol–water partition coefficient (Wildman–Crippen LogP) is 13.0. The summed E-state index contributed by atoms with van der Waals surface area (Å²) in [6.45, 7) is 0. The Balaban J connectivity index is 1.15. The average Bonchev–Trinajstić information content (AvgIpc) is 3.97. The lowest BCUT2D eigenvalue weighted by Crippen LogP contribution is -2.78. The number of hydrogen-bond acceptors (Lipinski definition) is 2. The molecule has 3 nitrogen and oxygen atoms in total. The van der Waals surface area contributed by atoms with Gasteiger partial charge in [0.1, 0.15) is 5.82 Å². The van der Waals surface area contributed by atoms with Gasteiger partial charge in [-0.2, -0.15) is 0 Å². The van der Waals surface area contributed by atoms with Crippen molar-refractivity contribution in [1.29, 1.82) is 0 Å². The molecular formula is C76H55N3Si2. The van der Waals surface area contributed by atoms with Crippen LogP contribution in [0.1, 0.15) is 0 Å². The fourth-order valence-electron chi connectivity index (χ4n) is 12.7. The Morgan fingerprint density at radius 1 is 0.222 bits per heavy atom. The third-order valence-corrected chi connectivity index (χ3v) is 25.8. The van der Waals surface area contributed by atoms with E-state index in [1.54, 1.807) is 0 Å². The minimum absolute atomic E-state index is 0.650. The maximum atomic E-state index is 5.82. The zero-order chi connectivity index (χ0) is 54.0. The van der Waals surface area contributed by atoms with E-state index in [0.717, 1.165) is 44.8 Å². The van der Waals surface area contributed by atoms with E-state index in [4.69, 9.17) is 9.97 Å². The monoisotopic (exact) mass is 1070 g/mol. The number of aromatic nitrogens is 3. The van der Waals surface area contributed by atoms with Crippen molar-refractivity contribution in [2.24, 2.45) is 0 Å². The Bertz CT molecular complexity index is 4310. The molecule has 2 heterocycles. The van der Waals surface area contributed by atoms with Crippen LogP contribution in [0, 0.1) is 0 Å². The highest BCUT2D eigenvalue weighted by Gasteiger charge is 2.46. The molecule has 0 N–H and O–H groups in total. The molecule has 81 heavy (non-hydrogen) atoms. The summed E-state index contributed by atoms with van der Waals surface area (Å²) in [5, 5.41) is 12.7. The van der Waals surface area contributed by atoms with Crippen molar-refractivity contribution in [3.05, 3.63) is 334 Å². The van der Waals surface area contributed by atoms with E-state index in [-0.39, 0.29) is 0 Å². The molecule has 0 saturated carbocycles. The van der Waals surface area contributed by atoms with Gasteiger partial charge in [-0.15, -0.1) is 0 Å². The van der Waals surface area contributed by atoms with E-state index in [0.29, 0.717) is 5.82 Å². The van der Waals surface area contributed by atoms with Crippen molar-refractivity contribution in [3.63, 3.8) is 0 Å². The second-order valence-corrected chi connectivity index (χ2v) is 28.4. The summed E-state index contributed by atoms with van der Waals surface area (Å²) in [5.41, 5.74) is 9.58. The van der Waals surface area contributed by atoms with Crippen LogP contribution in [0.4, 0.5) is 0 Å². The quantitative estimate of drug-likeness (QED) is 0.0851. The number of nitrogens with zero attached hydrogens (tertiary/aromatic N) is 3. The van der Waals surface area contributed by atoms with E-state index < -0.39 is 16.1 Å². The number of benzene rings is 12. The lowest BCUT2D eigenvalue weighted by Gasteiger charge is -2.38. The first-order chi connectivity index (χ1) is 40.2. The summed E-state index contributed by atoms with van der Waals surface area (Å²) in [5.74, 6) is 1.45. The fourth-order valence-corrected chi connectivity index (χ4v) is 22.5. The summed E-state index contributed by atoms with van der Waals surface area (Å²) in [4.78, 5) is 11.5. The summed E-state index contributed by atoms with van der Waals surface area (Å²) in [7, 11) is -6.56. The first-order valence-corrected chi connectivity index (χ1v) is 31.8. The predicted molar refractivity (Wildman–Crippen MR) is 345 cm³/mol. The van der Waals surface area contributed by atoms with Crippen LogP contribution in [0.25, 0.3) is 72.5 Å². The standard InChI is InChI=1S/C76H55N3Si2/c1-8-28-56(29-9-1)58-32-26-34-60(50-58)76-77-72(55-75(78-76)79-73-48-24-22-46-70(73)71-47-23-25-49-74(71)79)61-52-68(80(62-35-12-3-13-36-62,63-37-14-4-15-38-63)64-39-16-5-17-40-64)54-69(53-61)81(65-41-18-6-19-42-65,66-43-20-7-21-44-66)67-45-27-33-59(51-67)57-30-10-2-11-31-57/h1-55H. The van der Waals surface area contributed by atoms with Crippen LogP contribution in [0.15, 0.2) is 334 Å². The maximum absolute atomic E-state index is 5.82. The van der Waals surface area contributed by atoms with E-state index in [2.05, 4.69) is 338 Å². The Labute approximate surface area is 475 Å². The average molecular weight is 1070 g/mol. The van der Waals surface area contributed by atoms with Gasteiger partial charge >= 0.3 is 0 Å². The summed E-state index contributed by atoms with van der Waals surface area (Å²) in [6, 6.07) is 123. The van der Waals surface area contributed by atoms with Gasteiger partial charge in [0.2, 0.25) is 0 Å². The smallest absolute Gasteiger partial charge is 0.179 e. The molecule has 0 radical (unpaired) electrons. The molecule has 12 aromatic carbocycles. The molecule has 0 atom stereocenters. The molecule has 0 aliphatic rings. The molecule has 0 saturated heterocycles. The van der Waals surface area contributed by atoms with Crippen molar-refractivity contribution in [3.8, 4) is 50.7 Å². The summed E-state index contributed by atoms with van der Waals surface area (Å²) in [6.07, 6.45) is 0. The number of para-hydroxylation sites is 2. The Morgan fingerprint density at radius 2 is 0.556 bits per heavy atom. The van der Waals surface area contributed by atoms with Gasteiger partial charge in [-0.1, -0.05) is 309 Å². The molecule has 382 valence electrons. The fraction of sp³-hybridized carbons (Fsp3) is 0. The molecule has 0 amide bonds. The minimum Gasteiger partial charge on any atom is -0.294 e. The highest BCUT2D eigenvalue weighted by atomic mass is 28.3. The molecule has 2 aromatic heterocycles. The molecule has 0 spiro atoms. The van der Waals surface area contributed by atoms with Crippen LogP contribution < -0.4 is 41.5 Å². The zero-order valence-corrected chi connectivity index (χ0v) is 46.6. The van der Waals surface area contributed by atoms with Gasteiger partial charge in [-0.3, -0.25) is 4.57 Å². The molecule has 0 fully saturated rings. The van der Waals surface area contributed by atoms with Gasteiger partial charge in [-0.05, 0) is 81.9 Å². The Hall–Kier alpha value is -10.0. The van der Waals surface area contributed by atoms with Gasteiger partial charge in [0, 0.05) is 28.0 Å². The molecule has 0 bridgehead atoms. The number of rotatable bonds is 13. The van der Waals surface area contributed by atoms with Crippen molar-refractivity contribution in [1.82, 2.24) is 14.5 Å². The van der Waals surface area contributed by atoms with Crippen LogP contribution in [0.3, 0.4) is 0 Å². The molecule has 14 rings (SSSR count). The van der Waals surface area contributed by atoms with Crippen LogP contribution >= 0.6 is 0 Å². The van der Waals surface area contributed by atoms with Crippen molar-refractivity contribution < 1.29 is 0 Å². The number of hydrogen-bond donors (Lipinski definition) is 0. The van der Waals surface area contributed by atoms with Crippen LogP contribution in [0.5, 0.6) is 0 Å². The first kappa shape index (κ1) is 49.3. The van der Waals surface area contributed by atoms with Gasteiger partial charge in [-0.25, -0.2) is 9.97 Å². The van der Waals surface area contributed by atoms with Crippen LogP contribution in [-0.2, 0) is 0 Å². The molecule has 14 aromatic rings. The second-order valence-electron chi connectivity index (χ2n) is 20.8. The van der Waals surface area contributed by atoms with Gasteiger partial charge in [0.15, 0.2) is 22.0 Å². The van der Waals surface area contributed by atoms with Gasteiger partial charge < -0.3 is 0 Å². The zero-order valence-electron chi connectivity index (χ0n) is 44.6. The highest BCUT2D eigenvalue weighted by molar-refractivity contribution is 7.22. The topological polar surface area (TPSA) is 30.7 Å². The normalized spacial score (nSPS) is 11.7. The third kappa shape index (κ3) is 8.77. The first-order valence-electron chi connectivity index (χ1n) is 27.8. The van der Waals surface area contributed by atoms with Crippen molar-refractivity contribution in [2.45, 2.75) is 0 Å². The molecular weight excluding hydrogens is 1010 g/mol. The Kier molecular flexibility index (Phi) is 13.0. The lowest BCUT2D eigenvalue weighted by atomic mass is 10.0. The van der Waals surface area contributed by atoms with E-state index in [9.17, 15) is 0 Å². The summed E-state index contributed by atoms with van der Waals surface area (Å²) >= 11 is 0. The highest BCUT2D eigenvalue weighted by Crippen LogP contribution is 2.35. The lowest BCUT2D eigenvalue weighted by molar-refractivity contribution is 1.05. The molecule has 0 aliphatic carbocycles. The number of fused-ring (bicyclic) bond motifs is 3. The van der Waals surface area contributed by atoms with Crippen LogP contribution in [0.2, 0.25) is 0 Å². The minimum atomic E-state index is -3.33. The van der Waals surface area contributed by atoms with Crippen molar-refractivity contribution in [2.75, 3.05) is 0 Å². The van der Waals surface area contributed by atoms with E-state index in [1.165, 1.54) is 63.4 Å². The van der Waals surface area contributed by atoms with E-state index in [1.807, 2.05) is 0 Å². The SMILES string of the molecule is c1ccc(-c2cccc(-c3nc(-c4cc([Si](c5ccccc5)(c5ccccc5)c5ccccc5)cc([Si](c5ccccc5)(c5ccccc5)c5cccc(-c6ccccc6)c5)c4)cc(-n4c5ccccc5c5ccccc54)n3)c2)cc1. The Morgan fingerprint density at radius 3 is 1.01 bits per heavy atom. The largest absolute Gasteiger partial charge is 0.294 e.